The second kappa shape index (κ2) is 5.90. The predicted octanol–water partition coefficient (Wildman–Crippen LogP) is 3.12. The summed E-state index contributed by atoms with van der Waals surface area (Å²) < 4.78 is 43.9. The lowest BCUT2D eigenvalue weighted by Crippen LogP contribution is -2.18. The van der Waals surface area contributed by atoms with Crippen LogP contribution in [0.15, 0.2) is 4.47 Å². The summed E-state index contributed by atoms with van der Waals surface area (Å²) in [5.41, 5.74) is -0.896. The Morgan fingerprint density at radius 2 is 1.94 bits per heavy atom. The van der Waals surface area contributed by atoms with Crippen LogP contribution in [-0.2, 0) is 9.53 Å². The molecule has 0 fully saturated rings. The van der Waals surface area contributed by atoms with Crippen LogP contribution in [0.5, 0.6) is 0 Å². The minimum Gasteiger partial charge on any atom is -0.464 e. The van der Waals surface area contributed by atoms with Crippen molar-refractivity contribution >= 4 is 33.5 Å². The van der Waals surface area contributed by atoms with Gasteiger partial charge in [0.05, 0.1) is 11.1 Å². The number of esters is 1. The molecule has 0 saturated carbocycles. The van der Waals surface area contributed by atoms with Gasteiger partial charge in [0, 0.05) is 5.56 Å². The maximum absolute atomic E-state index is 13.5. The van der Waals surface area contributed by atoms with Crippen molar-refractivity contribution in [2.24, 2.45) is 0 Å². The van der Waals surface area contributed by atoms with E-state index in [4.69, 9.17) is 11.6 Å². The molecule has 8 heteroatoms. The fraction of sp³-hybridized carbons (Fsp3) is 0.300. The molecule has 1 unspecified atom stereocenters. The van der Waals surface area contributed by atoms with Crippen molar-refractivity contribution in [2.75, 3.05) is 6.61 Å². The summed E-state index contributed by atoms with van der Waals surface area (Å²) in [6.07, 6.45) is -2.15. The Morgan fingerprint density at radius 3 is 2.44 bits per heavy atom. The third-order valence-corrected chi connectivity index (χ3v) is 3.13. The number of benzene rings is 1. The second-order valence-corrected chi connectivity index (χ2v) is 4.31. The third-order valence-electron chi connectivity index (χ3n) is 2.03. The van der Waals surface area contributed by atoms with E-state index in [-0.39, 0.29) is 6.61 Å². The number of aliphatic hydroxyl groups is 1. The van der Waals surface area contributed by atoms with E-state index >= 15 is 0 Å². The van der Waals surface area contributed by atoms with E-state index in [2.05, 4.69) is 20.7 Å². The second-order valence-electron chi connectivity index (χ2n) is 3.14. The first-order chi connectivity index (χ1) is 8.32. The molecule has 0 amide bonds. The predicted molar refractivity (Wildman–Crippen MR) is 60.6 cm³/mol. The van der Waals surface area contributed by atoms with Gasteiger partial charge in [0.2, 0.25) is 0 Å². The quantitative estimate of drug-likeness (QED) is 0.519. The first kappa shape index (κ1) is 15.3. The summed E-state index contributed by atoms with van der Waals surface area (Å²) in [5, 5.41) is 8.43. The van der Waals surface area contributed by atoms with Gasteiger partial charge in [-0.15, -0.1) is 0 Å². The van der Waals surface area contributed by atoms with Gasteiger partial charge >= 0.3 is 5.97 Å². The van der Waals surface area contributed by atoms with Crippen LogP contribution >= 0.6 is 27.5 Å². The Balaban J connectivity index is 3.37. The van der Waals surface area contributed by atoms with Crippen LogP contribution in [0.3, 0.4) is 0 Å². The summed E-state index contributed by atoms with van der Waals surface area (Å²) >= 11 is 7.79. The number of carbonyl (C=O) groups is 1. The molecule has 0 radical (unpaired) electrons. The average molecular weight is 348 g/mol. The maximum Gasteiger partial charge on any atom is 0.339 e. The minimum atomic E-state index is -2.15. The van der Waals surface area contributed by atoms with Crippen LogP contribution in [0, 0.1) is 17.5 Å². The number of hydrogen-bond acceptors (Lipinski definition) is 3. The van der Waals surface area contributed by atoms with Gasteiger partial charge in [-0.1, -0.05) is 11.6 Å². The maximum atomic E-state index is 13.5. The van der Waals surface area contributed by atoms with Gasteiger partial charge in [0.25, 0.3) is 0 Å². The van der Waals surface area contributed by atoms with Crippen LogP contribution < -0.4 is 0 Å². The zero-order valence-electron chi connectivity index (χ0n) is 8.94. The highest BCUT2D eigenvalue weighted by Crippen LogP contribution is 2.36. The molecule has 1 aromatic carbocycles. The molecule has 1 aromatic rings. The molecule has 0 aliphatic carbocycles. The van der Waals surface area contributed by atoms with Crippen LogP contribution in [-0.4, -0.2) is 17.7 Å². The first-order valence-corrected chi connectivity index (χ1v) is 5.86. The summed E-state index contributed by atoms with van der Waals surface area (Å²) in [4.78, 5) is 11.2. The van der Waals surface area contributed by atoms with Gasteiger partial charge in [-0.3, -0.25) is 0 Å². The van der Waals surface area contributed by atoms with Crippen molar-refractivity contribution in [1.29, 1.82) is 0 Å². The van der Waals surface area contributed by atoms with Gasteiger partial charge in [0.1, 0.15) is 5.02 Å². The van der Waals surface area contributed by atoms with Gasteiger partial charge in [-0.25, -0.2) is 18.0 Å². The third kappa shape index (κ3) is 2.62. The zero-order chi connectivity index (χ0) is 14.0. The van der Waals surface area contributed by atoms with E-state index in [9.17, 15) is 23.1 Å². The number of hydrogen-bond donors (Lipinski definition) is 1. The van der Waals surface area contributed by atoms with E-state index < -0.39 is 44.6 Å². The zero-order valence-corrected chi connectivity index (χ0v) is 11.3. The van der Waals surface area contributed by atoms with E-state index in [1.54, 1.807) is 0 Å². The fourth-order valence-corrected chi connectivity index (χ4v) is 2.08. The summed E-state index contributed by atoms with van der Waals surface area (Å²) in [6, 6.07) is 0. The molecule has 100 valence electrons. The minimum absolute atomic E-state index is 0.0757. The summed E-state index contributed by atoms with van der Waals surface area (Å²) in [5.74, 6) is -5.84. The van der Waals surface area contributed by atoms with Crippen LogP contribution in [0.2, 0.25) is 5.02 Å². The van der Waals surface area contributed by atoms with Gasteiger partial charge in [-0.05, 0) is 22.9 Å². The first-order valence-electron chi connectivity index (χ1n) is 4.68. The topological polar surface area (TPSA) is 46.5 Å². The van der Waals surface area contributed by atoms with Gasteiger partial charge < -0.3 is 9.84 Å². The molecule has 0 saturated heterocycles. The molecule has 0 aromatic heterocycles. The summed E-state index contributed by atoms with van der Waals surface area (Å²) in [6.45, 7) is 1.38. The molecule has 0 heterocycles. The number of carbonyl (C=O) groups excluding carboxylic acids is 1. The van der Waals surface area contributed by atoms with Crippen molar-refractivity contribution in [1.82, 2.24) is 0 Å². The molecular formula is C10H7BrClF3O3. The molecule has 0 aliphatic rings. The normalized spacial score (nSPS) is 12.4. The van der Waals surface area contributed by atoms with Crippen LogP contribution in [0.25, 0.3) is 0 Å². The molecule has 1 rings (SSSR count). The number of halogens is 5. The van der Waals surface area contributed by atoms with E-state index in [1.807, 2.05) is 0 Å². The molecule has 3 nitrogen and oxygen atoms in total. The van der Waals surface area contributed by atoms with E-state index in [0.29, 0.717) is 0 Å². The number of ether oxygens (including phenoxy) is 1. The monoisotopic (exact) mass is 346 g/mol. The Morgan fingerprint density at radius 1 is 1.39 bits per heavy atom. The van der Waals surface area contributed by atoms with Crippen LogP contribution in [0.1, 0.15) is 18.6 Å². The molecule has 0 bridgehead atoms. The van der Waals surface area contributed by atoms with E-state index in [0.717, 1.165) is 0 Å². The standard InChI is InChI=1S/C10H7BrClF3O3/c1-2-18-10(17)9(16)3-4(11)7(14)5(12)8(15)6(3)13/h9,16H,2H2,1H3. The highest BCUT2D eigenvalue weighted by molar-refractivity contribution is 9.10. The molecule has 1 N–H and O–H groups in total. The van der Waals surface area contributed by atoms with Gasteiger partial charge in [0.15, 0.2) is 23.6 Å². The van der Waals surface area contributed by atoms with Crippen molar-refractivity contribution in [2.45, 2.75) is 13.0 Å². The molecule has 1 atom stereocenters. The van der Waals surface area contributed by atoms with Gasteiger partial charge in [-0.2, -0.15) is 0 Å². The molecule has 0 spiro atoms. The highest BCUT2D eigenvalue weighted by atomic mass is 79.9. The number of rotatable bonds is 3. The number of aliphatic hydroxyl groups excluding tert-OH is 1. The molecule has 18 heavy (non-hydrogen) atoms. The van der Waals surface area contributed by atoms with Crippen molar-refractivity contribution in [3.05, 3.63) is 32.5 Å². The average Bonchev–Trinajstić information content (AvgIpc) is 2.34. The Kier molecular flexibility index (Phi) is 5.01. The highest BCUT2D eigenvalue weighted by Gasteiger charge is 2.31. The largest absolute Gasteiger partial charge is 0.464 e. The van der Waals surface area contributed by atoms with Crippen molar-refractivity contribution < 1.29 is 27.8 Å². The Labute approximate surface area is 114 Å². The molecule has 0 aliphatic heterocycles. The SMILES string of the molecule is CCOC(=O)C(O)c1c(F)c(F)c(Cl)c(F)c1Br. The molecular weight excluding hydrogens is 340 g/mol. The Hall–Kier alpha value is -0.790. The Bertz CT molecular complexity index is 467. The van der Waals surface area contributed by atoms with E-state index in [1.165, 1.54) is 6.92 Å². The van der Waals surface area contributed by atoms with Crippen LogP contribution in [0.4, 0.5) is 13.2 Å². The van der Waals surface area contributed by atoms with Crippen molar-refractivity contribution in [3.63, 3.8) is 0 Å². The summed E-state index contributed by atoms with van der Waals surface area (Å²) in [7, 11) is 0. The lowest BCUT2D eigenvalue weighted by atomic mass is 10.1. The van der Waals surface area contributed by atoms with Crippen molar-refractivity contribution in [3.8, 4) is 0 Å². The lowest BCUT2D eigenvalue weighted by Gasteiger charge is -2.14. The fourth-order valence-electron chi connectivity index (χ4n) is 1.20. The lowest BCUT2D eigenvalue weighted by molar-refractivity contribution is -0.153. The smallest absolute Gasteiger partial charge is 0.339 e.